The normalized spacial score (nSPS) is 16.4. The molecule has 1 aliphatic rings. The van der Waals surface area contributed by atoms with Gasteiger partial charge in [-0.3, -0.25) is 0 Å². The van der Waals surface area contributed by atoms with Gasteiger partial charge in [-0.25, -0.2) is 9.37 Å². The van der Waals surface area contributed by atoms with Crippen LogP contribution in [0.2, 0.25) is 0 Å². The molecule has 0 saturated heterocycles. The summed E-state index contributed by atoms with van der Waals surface area (Å²) in [4.78, 5) is 4.50. The Morgan fingerprint density at radius 2 is 2.11 bits per heavy atom. The summed E-state index contributed by atoms with van der Waals surface area (Å²) in [6, 6.07) is 7.34. The molecule has 19 heavy (non-hydrogen) atoms. The Morgan fingerprint density at radius 3 is 2.79 bits per heavy atom. The van der Waals surface area contributed by atoms with Crippen LogP contribution in [0.25, 0.3) is 0 Å². The van der Waals surface area contributed by atoms with Gasteiger partial charge in [0, 0.05) is 17.8 Å². The second-order valence-corrected chi connectivity index (χ2v) is 5.23. The van der Waals surface area contributed by atoms with Gasteiger partial charge in [0.05, 0.1) is 11.7 Å². The minimum atomic E-state index is -0.177. The van der Waals surface area contributed by atoms with Gasteiger partial charge < -0.3 is 9.88 Å². The van der Waals surface area contributed by atoms with Crippen LogP contribution in [0.1, 0.15) is 43.1 Å². The standard InChI is InChI=1S/C15H18FN3/c1-10-9-19(12-7-8-12)15(17-10)18-11(2)13-5-3-4-6-14(13)16/h3-6,9,11-12H,7-8H2,1-2H3,(H,17,18). The molecule has 0 radical (unpaired) electrons. The number of benzene rings is 1. The first-order chi connectivity index (χ1) is 9.15. The molecule has 3 nitrogen and oxygen atoms in total. The lowest BCUT2D eigenvalue weighted by molar-refractivity contribution is 0.598. The monoisotopic (exact) mass is 259 g/mol. The van der Waals surface area contributed by atoms with Crippen molar-refractivity contribution < 1.29 is 4.39 Å². The minimum absolute atomic E-state index is 0.0968. The van der Waals surface area contributed by atoms with Crippen LogP contribution < -0.4 is 5.32 Å². The number of halogens is 1. The van der Waals surface area contributed by atoms with E-state index >= 15 is 0 Å². The van der Waals surface area contributed by atoms with E-state index in [1.54, 1.807) is 6.07 Å². The third kappa shape index (κ3) is 2.48. The fourth-order valence-corrected chi connectivity index (χ4v) is 2.35. The number of nitrogens with one attached hydrogen (secondary N) is 1. The van der Waals surface area contributed by atoms with Gasteiger partial charge in [-0.15, -0.1) is 0 Å². The Hall–Kier alpha value is -1.84. The van der Waals surface area contributed by atoms with Crippen LogP contribution in [0.4, 0.5) is 10.3 Å². The highest BCUT2D eigenvalue weighted by atomic mass is 19.1. The Kier molecular flexibility index (Phi) is 3.01. The van der Waals surface area contributed by atoms with Crippen LogP contribution in [0.5, 0.6) is 0 Å². The van der Waals surface area contributed by atoms with Crippen molar-refractivity contribution in [2.45, 2.75) is 38.8 Å². The fraction of sp³-hybridized carbons (Fsp3) is 0.400. The highest BCUT2D eigenvalue weighted by Gasteiger charge is 2.26. The van der Waals surface area contributed by atoms with E-state index < -0.39 is 0 Å². The Balaban J connectivity index is 1.83. The van der Waals surface area contributed by atoms with E-state index in [1.165, 1.54) is 18.9 Å². The van der Waals surface area contributed by atoms with Crippen LogP contribution in [-0.4, -0.2) is 9.55 Å². The second-order valence-electron chi connectivity index (χ2n) is 5.23. The van der Waals surface area contributed by atoms with E-state index in [0.717, 1.165) is 11.6 Å². The van der Waals surface area contributed by atoms with Crippen molar-refractivity contribution in [3.63, 3.8) is 0 Å². The summed E-state index contributed by atoms with van der Waals surface area (Å²) in [6.07, 6.45) is 4.48. The van der Waals surface area contributed by atoms with Crippen molar-refractivity contribution in [2.75, 3.05) is 5.32 Å². The molecular weight excluding hydrogens is 241 g/mol. The number of imidazole rings is 1. The lowest BCUT2D eigenvalue weighted by atomic mass is 10.1. The number of aromatic nitrogens is 2. The number of nitrogens with zero attached hydrogens (tertiary/aromatic N) is 2. The molecule has 1 atom stereocenters. The smallest absolute Gasteiger partial charge is 0.203 e. The largest absolute Gasteiger partial charge is 0.349 e. The van der Waals surface area contributed by atoms with Gasteiger partial charge >= 0.3 is 0 Å². The molecule has 1 unspecified atom stereocenters. The van der Waals surface area contributed by atoms with Crippen molar-refractivity contribution in [1.82, 2.24) is 9.55 Å². The first-order valence-corrected chi connectivity index (χ1v) is 6.71. The lowest BCUT2D eigenvalue weighted by Gasteiger charge is -2.16. The van der Waals surface area contributed by atoms with Gasteiger partial charge in [0.2, 0.25) is 5.95 Å². The summed E-state index contributed by atoms with van der Waals surface area (Å²) >= 11 is 0. The molecule has 3 rings (SSSR count). The van der Waals surface area contributed by atoms with E-state index in [2.05, 4.69) is 21.1 Å². The molecule has 4 heteroatoms. The first-order valence-electron chi connectivity index (χ1n) is 6.71. The fourth-order valence-electron chi connectivity index (χ4n) is 2.35. The van der Waals surface area contributed by atoms with Crippen LogP contribution >= 0.6 is 0 Å². The van der Waals surface area contributed by atoms with Crippen LogP contribution in [-0.2, 0) is 0 Å². The SMILES string of the molecule is Cc1cn(C2CC2)c(NC(C)c2ccccc2F)n1. The zero-order chi connectivity index (χ0) is 13.4. The molecule has 2 aromatic rings. The second kappa shape index (κ2) is 4.68. The molecule has 1 aliphatic carbocycles. The maximum absolute atomic E-state index is 13.8. The first kappa shape index (κ1) is 12.2. The number of anilines is 1. The van der Waals surface area contributed by atoms with Crippen molar-refractivity contribution >= 4 is 5.95 Å². The number of rotatable bonds is 4. The summed E-state index contributed by atoms with van der Waals surface area (Å²) in [6.45, 7) is 3.94. The highest BCUT2D eigenvalue weighted by Crippen LogP contribution is 2.38. The van der Waals surface area contributed by atoms with Crippen molar-refractivity contribution in [2.24, 2.45) is 0 Å². The van der Waals surface area contributed by atoms with Gasteiger partial charge in [-0.2, -0.15) is 0 Å². The zero-order valence-corrected chi connectivity index (χ0v) is 11.2. The lowest BCUT2D eigenvalue weighted by Crippen LogP contribution is -2.12. The summed E-state index contributed by atoms with van der Waals surface area (Å²) in [5.41, 5.74) is 1.67. The van der Waals surface area contributed by atoms with E-state index in [-0.39, 0.29) is 11.9 Å². The average molecular weight is 259 g/mol. The third-order valence-electron chi connectivity index (χ3n) is 3.51. The molecule has 1 N–H and O–H groups in total. The molecule has 1 heterocycles. The van der Waals surface area contributed by atoms with Gasteiger partial charge in [0.1, 0.15) is 5.82 Å². The Bertz CT molecular complexity index is 587. The third-order valence-corrected chi connectivity index (χ3v) is 3.51. The molecule has 0 aliphatic heterocycles. The summed E-state index contributed by atoms with van der Waals surface area (Å²) in [7, 11) is 0. The Labute approximate surface area is 112 Å². The van der Waals surface area contributed by atoms with E-state index in [4.69, 9.17) is 0 Å². The maximum atomic E-state index is 13.8. The van der Waals surface area contributed by atoms with Crippen molar-refractivity contribution in [3.05, 3.63) is 47.5 Å². The summed E-state index contributed by atoms with van der Waals surface area (Å²) < 4.78 is 15.9. The van der Waals surface area contributed by atoms with Gasteiger partial charge in [-0.1, -0.05) is 18.2 Å². The molecule has 100 valence electrons. The molecule has 1 aromatic heterocycles. The van der Waals surface area contributed by atoms with Crippen molar-refractivity contribution in [1.29, 1.82) is 0 Å². The summed E-state index contributed by atoms with van der Waals surface area (Å²) in [5.74, 6) is 0.666. The summed E-state index contributed by atoms with van der Waals surface area (Å²) in [5, 5.41) is 3.32. The van der Waals surface area contributed by atoms with Crippen LogP contribution in [0.3, 0.4) is 0 Å². The van der Waals surface area contributed by atoms with Crippen LogP contribution in [0, 0.1) is 12.7 Å². The molecule has 1 fully saturated rings. The molecule has 1 saturated carbocycles. The van der Waals surface area contributed by atoms with Gasteiger partial charge in [0.25, 0.3) is 0 Å². The van der Waals surface area contributed by atoms with Crippen LogP contribution in [0.15, 0.2) is 30.5 Å². The number of aryl methyl sites for hydroxylation is 1. The number of hydrogen-bond acceptors (Lipinski definition) is 2. The van der Waals surface area contributed by atoms with E-state index in [0.29, 0.717) is 11.6 Å². The van der Waals surface area contributed by atoms with E-state index in [9.17, 15) is 4.39 Å². The molecule has 1 aromatic carbocycles. The Morgan fingerprint density at radius 1 is 1.37 bits per heavy atom. The highest BCUT2D eigenvalue weighted by molar-refractivity contribution is 5.35. The molecule has 0 amide bonds. The topological polar surface area (TPSA) is 29.9 Å². The zero-order valence-electron chi connectivity index (χ0n) is 11.2. The van der Waals surface area contributed by atoms with Gasteiger partial charge in [0.15, 0.2) is 0 Å². The molecule has 0 bridgehead atoms. The molecular formula is C15H18FN3. The van der Waals surface area contributed by atoms with Crippen molar-refractivity contribution in [3.8, 4) is 0 Å². The maximum Gasteiger partial charge on any atom is 0.203 e. The minimum Gasteiger partial charge on any atom is -0.349 e. The predicted octanol–water partition coefficient (Wildman–Crippen LogP) is 3.84. The quantitative estimate of drug-likeness (QED) is 0.904. The van der Waals surface area contributed by atoms with E-state index in [1.807, 2.05) is 26.0 Å². The average Bonchev–Trinajstić information content (AvgIpc) is 3.15. The molecule has 0 spiro atoms. The van der Waals surface area contributed by atoms with Gasteiger partial charge in [-0.05, 0) is 32.8 Å². The number of hydrogen-bond donors (Lipinski definition) is 1. The predicted molar refractivity (Wildman–Crippen MR) is 73.7 cm³/mol.